The van der Waals surface area contributed by atoms with Crippen LogP contribution in [0.25, 0.3) is 22.2 Å². The molecule has 0 radical (unpaired) electrons. The van der Waals surface area contributed by atoms with E-state index in [1.165, 1.54) is 0 Å². The van der Waals surface area contributed by atoms with Crippen LogP contribution in [-0.4, -0.2) is 31.3 Å². The number of methoxy groups -OCH3 is 3. The summed E-state index contributed by atoms with van der Waals surface area (Å²) in [5, 5.41) is 0.715. The van der Waals surface area contributed by atoms with E-state index in [1.807, 2.05) is 24.3 Å². The highest BCUT2D eigenvalue weighted by atomic mass is 79.9. The van der Waals surface area contributed by atoms with Crippen molar-refractivity contribution in [2.75, 3.05) is 27.1 Å². The predicted octanol–water partition coefficient (Wildman–Crippen LogP) is 3.67. The van der Waals surface area contributed by atoms with Gasteiger partial charge in [0.1, 0.15) is 0 Å². The van der Waals surface area contributed by atoms with E-state index in [0.29, 0.717) is 33.8 Å². The van der Waals surface area contributed by atoms with Crippen molar-refractivity contribution in [2.24, 2.45) is 0 Å². The number of hydrogen-bond acceptors (Lipinski definition) is 6. The van der Waals surface area contributed by atoms with Crippen LogP contribution >= 0.6 is 15.9 Å². The van der Waals surface area contributed by atoms with Crippen molar-refractivity contribution in [3.05, 3.63) is 34.8 Å². The van der Waals surface area contributed by atoms with Gasteiger partial charge in [0.2, 0.25) is 11.7 Å². The van der Waals surface area contributed by atoms with Crippen LogP contribution in [0, 0.1) is 0 Å². The molecule has 0 bridgehead atoms. The fourth-order valence-electron chi connectivity index (χ4n) is 2.60. The molecule has 0 fully saturated rings. The van der Waals surface area contributed by atoms with E-state index >= 15 is 0 Å². The van der Waals surface area contributed by atoms with Gasteiger partial charge in [-0.1, -0.05) is 28.1 Å². The number of hydrogen-bond donors (Lipinski definition) is 1. The van der Waals surface area contributed by atoms with E-state index in [0.717, 1.165) is 10.0 Å². The molecule has 3 aromatic rings. The van der Waals surface area contributed by atoms with Gasteiger partial charge in [0.05, 0.1) is 37.9 Å². The molecule has 0 saturated heterocycles. The van der Waals surface area contributed by atoms with Crippen molar-refractivity contribution in [3.63, 3.8) is 0 Å². The lowest BCUT2D eigenvalue weighted by Crippen LogP contribution is -2.02. The lowest BCUT2D eigenvalue weighted by Gasteiger charge is -2.16. The van der Waals surface area contributed by atoms with Crippen molar-refractivity contribution < 1.29 is 14.2 Å². The molecule has 0 saturated carbocycles. The van der Waals surface area contributed by atoms with Gasteiger partial charge in [-0.2, -0.15) is 0 Å². The first-order valence-corrected chi connectivity index (χ1v) is 7.90. The molecule has 0 spiro atoms. The highest BCUT2D eigenvalue weighted by molar-refractivity contribution is 9.10. The Labute approximate surface area is 147 Å². The number of anilines is 1. The average molecular weight is 390 g/mol. The minimum absolute atomic E-state index is 0.176. The largest absolute Gasteiger partial charge is 0.493 e. The number of ether oxygens (including phenoxy) is 3. The molecule has 7 heteroatoms. The number of halogens is 1. The van der Waals surface area contributed by atoms with Crippen molar-refractivity contribution in [2.45, 2.75) is 0 Å². The van der Waals surface area contributed by atoms with Crippen LogP contribution in [0.3, 0.4) is 0 Å². The Morgan fingerprint density at radius 3 is 2.17 bits per heavy atom. The minimum atomic E-state index is 0.176. The number of nitrogens with zero attached hydrogens (tertiary/aromatic N) is 2. The highest BCUT2D eigenvalue weighted by Crippen LogP contribution is 2.45. The molecule has 0 aliphatic rings. The van der Waals surface area contributed by atoms with Crippen LogP contribution in [0.1, 0.15) is 0 Å². The van der Waals surface area contributed by atoms with E-state index in [9.17, 15) is 0 Å². The van der Waals surface area contributed by atoms with Crippen molar-refractivity contribution in [1.82, 2.24) is 9.97 Å². The topological polar surface area (TPSA) is 79.5 Å². The van der Waals surface area contributed by atoms with Gasteiger partial charge >= 0.3 is 0 Å². The number of nitrogen functional groups attached to an aromatic ring is 1. The molecule has 3 rings (SSSR count). The number of aromatic nitrogens is 2. The van der Waals surface area contributed by atoms with Gasteiger partial charge in [-0.25, -0.2) is 9.97 Å². The molecule has 6 nitrogen and oxygen atoms in total. The molecule has 24 heavy (non-hydrogen) atoms. The number of benzene rings is 2. The Bertz CT molecular complexity index is 898. The molecule has 1 heterocycles. The van der Waals surface area contributed by atoms with E-state index in [4.69, 9.17) is 19.9 Å². The monoisotopic (exact) mass is 389 g/mol. The SMILES string of the molecule is COc1cc2nc(N)nc(-c3ccc(Br)cc3)c2c(OC)c1OC. The van der Waals surface area contributed by atoms with E-state index in [1.54, 1.807) is 27.4 Å². The lowest BCUT2D eigenvalue weighted by atomic mass is 10.0. The Morgan fingerprint density at radius 1 is 0.917 bits per heavy atom. The second kappa shape index (κ2) is 6.52. The smallest absolute Gasteiger partial charge is 0.221 e. The summed E-state index contributed by atoms with van der Waals surface area (Å²) < 4.78 is 17.4. The van der Waals surface area contributed by atoms with Crippen molar-refractivity contribution in [1.29, 1.82) is 0 Å². The zero-order valence-corrected chi connectivity index (χ0v) is 15.0. The summed E-state index contributed by atoms with van der Waals surface area (Å²) in [6.07, 6.45) is 0. The lowest BCUT2D eigenvalue weighted by molar-refractivity contribution is 0.327. The number of nitrogens with two attached hydrogens (primary N) is 1. The van der Waals surface area contributed by atoms with Gasteiger partial charge in [0.25, 0.3) is 0 Å². The molecule has 0 atom stereocenters. The van der Waals surface area contributed by atoms with Gasteiger partial charge in [0.15, 0.2) is 11.5 Å². The molecular formula is C17H16BrN3O3. The zero-order chi connectivity index (χ0) is 17.3. The van der Waals surface area contributed by atoms with Crippen LogP contribution in [0.15, 0.2) is 34.8 Å². The summed E-state index contributed by atoms with van der Waals surface area (Å²) in [6, 6.07) is 9.53. The highest BCUT2D eigenvalue weighted by Gasteiger charge is 2.21. The first kappa shape index (κ1) is 16.3. The minimum Gasteiger partial charge on any atom is -0.493 e. The van der Waals surface area contributed by atoms with Gasteiger partial charge in [-0.3, -0.25) is 0 Å². The average Bonchev–Trinajstić information content (AvgIpc) is 2.59. The Kier molecular flexibility index (Phi) is 4.44. The Hall–Kier alpha value is -2.54. The van der Waals surface area contributed by atoms with Crippen molar-refractivity contribution >= 4 is 32.8 Å². The molecule has 0 aliphatic heterocycles. The molecule has 1 aromatic heterocycles. The second-order valence-electron chi connectivity index (χ2n) is 4.98. The zero-order valence-electron chi connectivity index (χ0n) is 13.5. The maximum Gasteiger partial charge on any atom is 0.221 e. The van der Waals surface area contributed by atoms with E-state index < -0.39 is 0 Å². The number of rotatable bonds is 4. The van der Waals surface area contributed by atoms with Gasteiger partial charge in [0, 0.05) is 16.1 Å². The summed E-state index contributed by atoms with van der Waals surface area (Å²) in [4.78, 5) is 8.73. The van der Waals surface area contributed by atoms with E-state index in [2.05, 4.69) is 25.9 Å². The summed E-state index contributed by atoms with van der Waals surface area (Å²) >= 11 is 3.43. The molecule has 2 N–H and O–H groups in total. The van der Waals surface area contributed by atoms with Crippen LogP contribution in [0.5, 0.6) is 17.2 Å². The molecule has 0 amide bonds. The van der Waals surface area contributed by atoms with E-state index in [-0.39, 0.29) is 5.95 Å². The first-order chi connectivity index (χ1) is 11.6. The molecule has 2 aromatic carbocycles. The van der Waals surface area contributed by atoms with Crippen LogP contribution in [-0.2, 0) is 0 Å². The standard InChI is InChI=1S/C17H16BrN3O3/c1-22-12-8-11-13(16(24-3)15(12)23-2)14(21-17(19)20-11)9-4-6-10(18)7-5-9/h4-8H,1-3H3,(H2,19,20,21). The maximum absolute atomic E-state index is 5.90. The van der Waals surface area contributed by atoms with Crippen molar-refractivity contribution in [3.8, 4) is 28.5 Å². The van der Waals surface area contributed by atoms with Crippen LogP contribution in [0.2, 0.25) is 0 Å². The fraction of sp³-hybridized carbons (Fsp3) is 0.176. The third-order valence-electron chi connectivity index (χ3n) is 3.63. The Balaban J connectivity index is 2.42. The first-order valence-electron chi connectivity index (χ1n) is 7.11. The van der Waals surface area contributed by atoms with Gasteiger partial charge in [-0.15, -0.1) is 0 Å². The van der Waals surface area contributed by atoms with Gasteiger partial charge in [-0.05, 0) is 12.1 Å². The molecule has 0 aliphatic carbocycles. The van der Waals surface area contributed by atoms with Crippen LogP contribution in [0.4, 0.5) is 5.95 Å². The predicted molar refractivity (Wildman–Crippen MR) is 96.7 cm³/mol. The molecular weight excluding hydrogens is 374 g/mol. The summed E-state index contributed by atoms with van der Waals surface area (Å²) in [5.74, 6) is 1.68. The number of fused-ring (bicyclic) bond motifs is 1. The fourth-order valence-corrected chi connectivity index (χ4v) is 2.86. The second-order valence-corrected chi connectivity index (χ2v) is 5.89. The maximum atomic E-state index is 5.90. The van der Waals surface area contributed by atoms with Gasteiger partial charge < -0.3 is 19.9 Å². The molecule has 0 unspecified atom stereocenters. The summed E-state index contributed by atoms with van der Waals surface area (Å²) in [6.45, 7) is 0. The quantitative estimate of drug-likeness (QED) is 0.733. The van der Waals surface area contributed by atoms with Crippen LogP contribution < -0.4 is 19.9 Å². The summed E-state index contributed by atoms with van der Waals surface area (Å²) in [5.41, 5.74) is 8.08. The third kappa shape index (κ3) is 2.71. The summed E-state index contributed by atoms with van der Waals surface area (Å²) in [7, 11) is 4.69. The molecule has 124 valence electrons. The third-order valence-corrected chi connectivity index (χ3v) is 4.15. The Morgan fingerprint density at radius 2 is 1.58 bits per heavy atom. The normalized spacial score (nSPS) is 10.7.